The topological polar surface area (TPSA) is 123 Å². The maximum absolute atomic E-state index is 11.5. The number of hydrogen-bond acceptors (Lipinski definition) is 6. The minimum absolute atomic E-state index is 0.340. The van der Waals surface area contributed by atoms with Gasteiger partial charge in [0.15, 0.2) is 11.2 Å². The average Bonchev–Trinajstić information content (AvgIpc) is 2.37. The summed E-state index contributed by atoms with van der Waals surface area (Å²) >= 11 is 0. The van der Waals surface area contributed by atoms with Crippen molar-refractivity contribution in [1.29, 1.82) is 0 Å². The van der Waals surface area contributed by atoms with E-state index in [1.165, 1.54) is 41.9 Å². The standard InChI is InChI=1S/C14H26O8/c1-11(2,21-7)14(5,13(4,19)10(17)18)22-12(3,8-20-6)9(15)16/h19H,8H2,1-7H3,(H,15,16)(H,17,18). The zero-order chi connectivity index (χ0) is 18.0. The smallest absolute Gasteiger partial charge is 0.338 e. The molecule has 3 atom stereocenters. The molecule has 0 fully saturated rings. The van der Waals surface area contributed by atoms with Gasteiger partial charge in [-0.25, -0.2) is 9.59 Å². The van der Waals surface area contributed by atoms with Crippen molar-refractivity contribution in [3.8, 4) is 0 Å². The van der Waals surface area contributed by atoms with Crippen molar-refractivity contribution in [2.45, 2.75) is 57.0 Å². The third-order valence-corrected chi connectivity index (χ3v) is 4.31. The van der Waals surface area contributed by atoms with Gasteiger partial charge in [0.25, 0.3) is 0 Å². The fourth-order valence-electron chi connectivity index (χ4n) is 2.07. The fraction of sp³-hybridized carbons (Fsp3) is 0.857. The maximum atomic E-state index is 11.5. The van der Waals surface area contributed by atoms with Crippen LogP contribution in [0.2, 0.25) is 0 Å². The summed E-state index contributed by atoms with van der Waals surface area (Å²) in [5.74, 6) is -2.92. The van der Waals surface area contributed by atoms with Gasteiger partial charge in [-0.2, -0.15) is 0 Å². The molecular formula is C14H26O8. The molecule has 8 heteroatoms. The Morgan fingerprint density at radius 1 is 0.955 bits per heavy atom. The van der Waals surface area contributed by atoms with Crippen LogP contribution < -0.4 is 0 Å². The summed E-state index contributed by atoms with van der Waals surface area (Å²) in [4.78, 5) is 23.0. The molecule has 3 unspecified atom stereocenters. The molecular weight excluding hydrogens is 296 g/mol. The molecule has 0 spiro atoms. The molecule has 0 saturated heterocycles. The summed E-state index contributed by atoms with van der Waals surface area (Å²) < 4.78 is 15.7. The van der Waals surface area contributed by atoms with Gasteiger partial charge in [-0.3, -0.25) is 0 Å². The number of carbonyl (C=O) groups is 2. The summed E-state index contributed by atoms with van der Waals surface area (Å²) in [6.07, 6.45) is 0. The lowest BCUT2D eigenvalue weighted by atomic mass is 9.73. The van der Waals surface area contributed by atoms with Crippen LogP contribution >= 0.6 is 0 Å². The van der Waals surface area contributed by atoms with Crippen molar-refractivity contribution >= 4 is 11.9 Å². The monoisotopic (exact) mass is 322 g/mol. The molecule has 130 valence electrons. The zero-order valence-corrected chi connectivity index (χ0v) is 14.1. The highest BCUT2D eigenvalue weighted by Crippen LogP contribution is 2.41. The maximum Gasteiger partial charge on any atom is 0.338 e. The third-order valence-electron chi connectivity index (χ3n) is 4.31. The van der Waals surface area contributed by atoms with E-state index in [4.69, 9.17) is 14.2 Å². The first-order valence-electron chi connectivity index (χ1n) is 6.65. The summed E-state index contributed by atoms with van der Waals surface area (Å²) in [5, 5.41) is 29.2. The summed E-state index contributed by atoms with van der Waals surface area (Å²) in [6, 6.07) is 0. The van der Waals surface area contributed by atoms with Gasteiger partial charge in [-0.05, 0) is 34.6 Å². The Morgan fingerprint density at radius 3 is 1.68 bits per heavy atom. The molecule has 0 aliphatic carbocycles. The largest absolute Gasteiger partial charge is 0.479 e. The van der Waals surface area contributed by atoms with Crippen LogP contribution in [0.15, 0.2) is 0 Å². The van der Waals surface area contributed by atoms with E-state index in [1.807, 2.05) is 0 Å². The molecule has 0 bridgehead atoms. The van der Waals surface area contributed by atoms with Crippen LogP contribution in [-0.4, -0.2) is 70.5 Å². The Bertz CT molecular complexity index is 431. The van der Waals surface area contributed by atoms with Gasteiger partial charge < -0.3 is 29.5 Å². The number of ether oxygens (including phenoxy) is 3. The Hall–Kier alpha value is -1.22. The van der Waals surface area contributed by atoms with Crippen LogP contribution in [0.4, 0.5) is 0 Å². The molecule has 0 aromatic carbocycles. The van der Waals surface area contributed by atoms with Crippen LogP contribution in [0.1, 0.15) is 34.6 Å². The number of carboxylic acid groups (broad SMARTS) is 2. The summed E-state index contributed by atoms with van der Waals surface area (Å²) in [7, 11) is 2.60. The number of hydrogen-bond donors (Lipinski definition) is 3. The van der Waals surface area contributed by atoms with Crippen molar-refractivity contribution in [1.82, 2.24) is 0 Å². The molecule has 0 saturated carbocycles. The number of aliphatic hydroxyl groups is 1. The van der Waals surface area contributed by atoms with E-state index in [-0.39, 0.29) is 6.61 Å². The van der Waals surface area contributed by atoms with Crippen molar-refractivity contribution in [2.24, 2.45) is 0 Å². The molecule has 0 radical (unpaired) electrons. The number of carboxylic acids is 2. The first-order chi connectivity index (χ1) is 9.72. The Morgan fingerprint density at radius 2 is 1.41 bits per heavy atom. The average molecular weight is 322 g/mol. The lowest BCUT2D eigenvalue weighted by molar-refractivity contribution is -0.291. The highest BCUT2D eigenvalue weighted by atomic mass is 16.6. The second kappa shape index (κ2) is 6.49. The lowest BCUT2D eigenvalue weighted by Crippen LogP contribution is -2.71. The van der Waals surface area contributed by atoms with E-state index in [0.29, 0.717) is 0 Å². The third kappa shape index (κ3) is 3.40. The van der Waals surface area contributed by atoms with Crippen molar-refractivity contribution in [3.63, 3.8) is 0 Å². The predicted molar refractivity (Wildman–Crippen MR) is 76.8 cm³/mol. The van der Waals surface area contributed by atoms with Gasteiger partial charge in [-0.15, -0.1) is 0 Å². The zero-order valence-electron chi connectivity index (χ0n) is 14.1. The van der Waals surface area contributed by atoms with Crippen LogP contribution in [0.5, 0.6) is 0 Å². The molecule has 0 aliphatic heterocycles. The molecule has 0 aromatic heterocycles. The second-order valence-electron chi connectivity index (χ2n) is 6.20. The lowest BCUT2D eigenvalue weighted by Gasteiger charge is -2.51. The Labute approximate surface area is 130 Å². The van der Waals surface area contributed by atoms with E-state index < -0.39 is 34.3 Å². The highest BCUT2D eigenvalue weighted by Gasteiger charge is 2.62. The highest BCUT2D eigenvalue weighted by molar-refractivity contribution is 5.80. The Kier molecular flexibility index (Phi) is 6.13. The number of rotatable bonds is 9. The molecule has 0 heterocycles. The summed E-state index contributed by atoms with van der Waals surface area (Å²) in [5.41, 5.74) is -7.51. The van der Waals surface area contributed by atoms with Crippen LogP contribution in [0, 0.1) is 0 Å². The van der Waals surface area contributed by atoms with Crippen molar-refractivity contribution in [3.05, 3.63) is 0 Å². The minimum Gasteiger partial charge on any atom is -0.479 e. The van der Waals surface area contributed by atoms with E-state index in [9.17, 15) is 24.9 Å². The van der Waals surface area contributed by atoms with Gasteiger partial charge in [0.1, 0.15) is 5.60 Å². The molecule has 0 amide bonds. The van der Waals surface area contributed by atoms with E-state index in [1.54, 1.807) is 0 Å². The Balaban J connectivity index is 6.13. The number of methoxy groups -OCH3 is 2. The summed E-state index contributed by atoms with van der Waals surface area (Å²) in [6.45, 7) is 6.22. The van der Waals surface area contributed by atoms with Gasteiger partial charge in [0, 0.05) is 14.2 Å². The molecule has 0 aromatic rings. The van der Waals surface area contributed by atoms with Gasteiger partial charge in [0.05, 0.1) is 12.2 Å². The molecule has 3 N–H and O–H groups in total. The normalized spacial score (nSPS) is 20.5. The molecule has 0 rings (SSSR count). The van der Waals surface area contributed by atoms with Crippen molar-refractivity contribution < 1.29 is 39.1 Å². The van der Waals surface area contributed by atoms with E-state index in [0.717, 1.165) is 6.92 Å². The molecule has 8 nitrogen and oxygen atoms in total. The first-order valence-corrected chi connectivity index (χ1v) is 6.65. The minimum atomic E-state index is -2.42. The van der Waals surface area contributed by atoms with Crippen LogP contribution in [0.3, 0.4) is 0 Å². The van der Waals surface area contributed by atoms with E-state index >= 15 is 0 Å². The van der Waals surface area contributed by atoms with Crippen LogP contribution in [0.25, 0.3) is 0 Å². The first kappa shape index (κ1) is 20.8. The molecule has 22 heavy (non-hydrogen) atoms. The quantitative estimate of drug-likeness (QED) is 0.561. The van der Waals surface area contributed by atoms with Gasteiger partial charge in [0.2, 0.25) is 0 Å². The van der Waals surface area contributed by atoms with Gasteiger partial charge in [-0.1, -0.05) is 0 Å². The molecule has 0 aliphatic rings. The SMILES string of the molecule is COCC(C)(OC(C)(C(C)(C)OC)C(C)(O)C(=O)O)C(=O)O. The second-order valence-corrected chi connectivity index (χ2v) is 6.20. The number of aliphatic carboxylic acids is 2. The van der Waals surface area contributed by atoms with Crippen LogP contribution in [-0.2, 0) is 23.8 Å². The van der Waals surface area contributed by atoms with Gasteiger partial charge >= 0.3 is 11.9 Å². The fourth-order valence-corrected chi connectivity index (χ4v) is 2.07. The van der Waals surface area contributed by atoms with E-state index in [2.05, 4.69) is 0 Å². The van der Waals surface area contributed by atoms with Crippen molar-refractivity contribution in [2.75, 3.05) is 20.8 Å². The predicted octanol–water partition coefficient (Wildman–Crippen LogP) is 0.512.